The van der Waals surface area contributed by atoms with Crippen molar-refractivity contribution in [3.63, 3.8) is 0 Å². The summed E-state index contributed by atoms with van der Waals surface area (Å²) in [6.45, 7) is 0. The molecule has 0 heterocycles. The van der Waals surface area contributed by atoms with Crippen LogP contribution in [0.2, 0.25) is 0 Å². The summed E-state index contributed by atoms with van der Waals surface area (Å²) in [5.74, 6) is 0. The van der Waals surface area contributed by atoms with Crippen molar-refractivity contribution in [1.29, 1.82) is 0 Å². The molecule has 83 valence electrons. The average Bonchev–Trinajstić information content (AvgIpc) is 2.16. The third-order valence-corrected chi connectivity index (χ3v) is 3.21. The second-order valence-electron chi connectivity index (χ2n) is 2.67. The van der Waals surface area contributed by atoms with Crippen molar-refractivity contribution < 1.29 is 21.6 Å². The number of halogens is 3. The third-order valence-electron chi connectivity index (χ3n) is 1.71. The van der Waals surface area contributed by atoms with Gasteiger partial charge in [0.05, 0.1) is 10.6 Å². The van der Waals surface area contributed by atoms with Gasteiger partial charge in [0.25, 0.3) is 9.84 Å². The molecule has 0 bridgehead atoms. The highest BCUT2D eigenvalue weighted by Crippen LogP contribution is 2.30. The standard InChI is InChI=1S/C8H7F3NO2S/c1-12-6-2-4-7(5-3-6)15(13,14)8(9,10)11/h2-5H,1H3. The van der Waals surface area contributed by atoms with Crippen molar-refractivity contribution in [3.8, 4) is 0 Å². The predicted molar refractivity (Wildman–Crippen MR) is 47.4 cm³/mol. The molecule has 0 N–H and O–H groups in total. The largest absolute Gasteiger partial charge is 0.501 e. The summed E-state index contributed by atoms with van der Waals surface area (Å²) >= 11 is 0. The lowest BCUT2D eigenvalue weighted by molar-refractivity contribution is -0.0436. The summed E-state index contributed by atoms with van der Waals surface area (Å²) in [6, 6.07) is 4.17. The molecule has 15 heavy (non-hydrogen) atoms. The molecule has 0 aliphatic rings. The van der Waals surface area contributed by atoms with Gasteiger partial charge in [0.15, 0.2) is 0 Å². The van der Waals surface area contributed by atoms with E-state index in [1.54, 1.807) is 0 Å². The molecule has 0 unspecified atom stereocenters. The minimum atomic E-state index is -5.27. The fourth-order valence-corrected chi connectivity index (χ4v) is 1.67. The molecule has 0 amide bonds. The van der Waals surface area contributed by atoms with E-state index < -0.39 is 20.2 Å². The molecule has 0 fully saturated rings. The van der Waals surface area contributed by atoms with Gasteiger partial charge in [0, 0.05) is 7.05 Å². The topological polar surface area (TPSA) is 48.2 Å². The van der Waals surface area contributed by atoms with E-state index in [4.69, 9.17) is 0 Å². The number of hydrogen-bond acceptors (Lipinski definition) is 2. The summed E-state index contributed by atoms with van der Waals surface area (Å²) in [5, 5.41) is 3.68. The summed E-state index contributed by atoms with van der Waals surface area (Å²) in [7, 11) is -3.79. The molecule has 3 nitrogen and oxygen atoms in total. The lowest BCUT2D eigenvalue weighted by atomic mass is 10.3. The van der Waals surface area contributed by atoms with Gasteiger partial charge in [-0.1, -0.05) is 0 Å². The van der Waals surface area contributed by atoms with Gasteiger partial charge in [-0.3, -0.25) is 5.32 Å². The van der Waals surface area contributed by atoms with E-state index >= 15 is 0 Å². The Balaban J connectivity index is 3.18. The smallest absolute Gasteiger partial charge is 0.289 e. The van der Waals surface area contributed by atoms with E-state index in [9.17, 15) is 21.6 Å². The zero-order valence-electron chi connectivity index (χ0n) is 7.62. The van der Waals surface area contributed by atoms with Crippen LogP contribution in [-0.2, 0) is 9.84 Å². The van der Waals surface area contributed by atoms with E-state index in [0.717, 1.165) is 12.1 Å². The van der Waals surface area contributed by atoms with Gasteiger partial charge in [-0.15, -0.1) is 0 Å². The van der Waals surface area contributed by atoms with Crippen LogP contribution in [-0.4, -0.2) is 21.0 Å². The number of nitrogens with zero attached hydrogens (tertiary/aromatic N) is 1. The minimum absolute atomic E-state index is 0.413. The number of hydrogen-bond donors (Lipinski definition) is 0. The molecule has 0 aliphatic carbocycles. The highest BCUT2D eigenvalue weighted by atomic mass is 32.2. The molecule has 1 rings (SSSR count). The maximum Gasteiger partial charge on any atom is 0.501 e. The van der Waals surface area contributed by atoms with Crippen molar-refractivity contribution in [2.24, 2.45) is 0 Å². The van der Waals surface area contributed by atoms with E-state index in [1.165, 1.54) is 19.2 Å². The molecule has 0 saturated carbocycles. The normalized spacial score (nSPS) is 12.5. The van der Waals surface area contributed by atoms with Gasteiger partial charge < -0.3 is 0 Å². The van der Waals surface area contributed by atoms with E-state index in [-0.39, 0.29) is 0 Å². The third kappa shape index (κ3) is 2.23. The number of benzene rings is 1. The molecular formula is C8H7F3NO2S. The molecule has 1 radical (unpaired) electrons. The highest BCUT2D eigenvalue weighted by Gasteiger charge is 2.46. The highest BCUT2D eigenvalue weighted by molar-refractivity contribution is 7.92. The summed E-state index contributed by atoms with van der Waals surface area (Å²) in [5.41, 5.74) is -4.85. The average molecular weight is 238 g/mol. The van der Waals surface area contributed by atoms with E-state index in [1.807, 2.05) is 0 Å². The van der Waals surface area contributed by atoms with Crippen LogP contribution in [0.3, 0.4) is 0 Å². The van der Waals surface area contributed by atoms with Crippen LogP contribution >= 0.6 is 0 Å². The Kier molecular flexibility index (Phi) is 2.94. The van der Waals surface area contributed by atoms with Gasteiger partial charge in [-0.05, 0) is 24.3 Å². The molecule has 0 atom stereocenters. The van der Waals surface area contributed by atoms with Crippen LogP contribution < -0.4 is 5.32 Å². The van der Waals surface area contributed by atoms with Gasteiger partial charge in [-0.25, -0.2) is 8.42 Å². The SMILES string of the molecule is C[N]c1ccc(S(=O)(=O)C(F)(F)F)cc1. The zero-order valence-corrected chi connectivity index (χ0v) is 8.43. The van der Waals surface area contributed by atoms with Crippen molar-refractivity contribution in [2.45, 2.75) is 10.4 Å². The Morgan fingerprint density at radius 3 is 1.93 bits per heavy atom. The van der Waals surface area contributed by atoms with Gasteiger partial charge >= 0.3 is 5.51 Å². The first-order valence-corrected chi connectivity index (χ1v) is 5.28. The Morgan fingerprint density at radius 1 is 1.13 bits per heavy atom. The zero-order chi connectivity index (χ0) is 11.7. The monoisotopic (exact) mass is 238 g/mol. The molecular weight excluding hydrogens is 231 g/mol. The first-order valence-electron chi connectivity index (χ1n) is 3.80. The maximum atomic E-state index is 12.1. The van der Waals surface area contributed by atoms with Crippen LogP contribution in [0.15, 0.2) is 29.2 Å². The van der Waals surface area contributed by atoms with Crippen LogP contribution in [0, 0.1) is 0 Å². The maximum absolute atomic E-state index is 12.1. The van der Waals surface area contributed by atoms with Gasteiger partial charge in [-0.2, -0.15) is 13.2 Å². The number of alkyl halides is 3. The fourth-order valence-electron chi connectivity index (χ4n) is 0.908. The molecule has 1 aromatic rings. The first-order chi connectivity index (χ1) is 6.79. The Labute approximate surface area is 84.8 Å². The lowest BCUT2D eigenvalue weighted by Gasteiger charge is -2.07. The fraction of sp³-hybridized carbons (Fsp3) is 0.250. The second-order valence-corrected chi connectivity index (χ2v) is 4.61. The predicted octanol–water partition coefficient (Wildman–Crippen LogP) is 1.85. The summed E-state index contributed by atoms with van der Waals surface area (Å²) < 4.78 is 58.1. The van der Waals surface area contributed by atoms with Gasteiger partial charge in [0.1, 0.15) is 0 Å². The molecule has 7 heteroatoms. The number of sulfone groups is 1. The van der Waals surface area contributed by atoms with Crippen molar-refractivity contribution >= 4 is 15.5 Å². The summed E-state index contributed by atoms with van der Waals surface area (Å²) in [6.07, 6.45) is 0. The lowest BCUT2D eigenvalue weighted by Crippen LogP contribution is -2.23. The van der Waals surface area contributed by atoms with Crippen LogP contribution in [0.5, 0.6) is 0 Å². The number of rotatable bonds is 2. The first kappa shape index (κ1) is 11.8. The molecule has 0 aliphatic heterocycles. The Morgan fingerprint density at radius 2 is 1.60 bits per heavy atom. The van der Waals surface area contributed by atoms with Crippen LogP contribution in [0.1, 0.15) is 0 Å². The Bertz CT molecular complexity index is 436. The Hall–Kier alpha value is -1.24. The quantitative estimate of drug-likeness (QED) is 0.789. The second kappa shape index (κ2) is 3.73. The minimum Gasteiger partial charge on any atom is -0.289 e. The molecule has 0 spiro atoms. The van der Waals surface area contributed by atoms with Crippen molar-refractivity contribution in [1.82, 2.24) is 5.32 Å². The van der Waals surface area contributed by atoms with E-state index in [2.05, 4.69) is 5.32 Å². The van der Waals surface area contributed by atoms with Crippen molar-refractivity contribution in [2.75, 3.05) is 7.05 Å². The van der Waals surface area contributed by atoms with E-state index in [0.29, 0.717) is 5.69 Å². The summed E-state index contributed by atoms with van der Waals surface area (Å²) in [4.78, 5) is -0.776. The molecule has 1 aromatic carbocycles. The van der Waals surface area contributed by atoms with Crippen LogP contribution in [0.4, 0.5) is 18.9 Å². The van der Waals surface area contributed by atoms with Crippen LogP contribution in [0.25, 0.3) is 0 Å². The van der Waals surface area contributed by atoms with Crippen molar-refractivity contribution in [3.05, 3.63) is 24.3 Å². The molecule has 0 aromatic heterocycles. The van der Waals surface area contributed by atoms with Gasteiger partial charge in [0.2, 0.25) is 0 Å². The molecule has 0 saturated heterocycles.